The fourth-order valence-corrected chi connectivity index (χ4v) is 4.09. The van der Waals surface area contributed by atoms with Gasteiger partial charge in [-0.1, -0.05) is 37.1 Å². The second-order valence-corrected chi connectivity index (χ2v) is 6.56. The van der Waals surface area contributed by atoms with E-state index in [1.165, 1.54) is 24.0 Å². The third-order valence-electron chi connectivity index (χ3n) is 5.41. The van der Waals surface area contributed by atoms with E-state index in [0.717, 1.165) is 45.6 Å². The van der Waals surface area contributed by atoms with Gasteiger partial charge >= 0.3 is 0 Å². The van der Waals surface area contributed by atoms with Crippen LogP contribution in [0.2, 0.25) is 0 Å². The molecule has 21 heavy (non-hydrogen) atoms. The number of ether oxygens (including phenoxy) is 1. The second-order valence-electron chi connectivity index (χ2n) is 6.56. The van der Waals surface area contributed by atoms with Crippen molar-refractivity contribution in [2.24, 2.45) is 0 Å². The van der Waals surface area contributed by atoms with Crippen LogP contribution in [0.15, 0.2) is 24.3 Å². The molecule has 1 atom stereocenters. The van der Waals surface area contributed by atoms with Crippen molar-refractivity contribution in [2.75, 3.05) is 26.3 Å². The minimum Gasteiger partial charge on any atom is -0.391 e. The number of nitrogens with zero attached hydrogens (tertiary/aromatic N) is 1. The van der Waals surface area contributed by atoms with Crippen molar-refractivity contribution < 1.29 is 9.84 Å². The van der Waals surface area contributed by atoms with Crippen molar-refractivity contribution in [3.63, 3.8) is 0 Å². The van der Waals surface area contributed by atoms with E-state index >= 15 is 0 Å². The molecule has 1 heterocycles. The summed E-state index contributed by atoms with van der Waals surface area (Å²) in [5.41, 5.74) is 2.54. The van der Waals surface area contributed by atoms with Gasteiger partial charge in [0.15, 0.2) is 0 Å². The third kappa shape index (κ3) is 3.01. The lowest BCUT2D eigenvalue weighted by Crippen LogP contribution is -2.59. The highest BCUT2D eigenvalue weighted by atomic mass is 16.5. The van der Waals surface area contributed by atoms with Gasteiger partial charge < -0.3 is 9.84 Å². The second kappa shape index (κ2) is 6.47. The van der Waals surface area contributed by atoms with Crippen LogP contribution >= 0.6 is 0 Å². The average molecular weight is 289 g/mol. The zero-order valence-electron chi connectivity index (χ0n) is 13.1. The maximum Gasteiger partial charge on any atom is 0.0764 e. The molecule has 0 amide bonds. The van der Waals surface area contributed by atoms with E-state index in [0.29, 0.717) is 0 Å². The van der Waals surface area contributed by atoms with Crippen molar-refractivity contribution in [3.05, 3.63) is 35.4 Å². The molecule has 1 aliphatic carbocycles. The van der Waals surface area contributed by atoms with Gasteiger partial charge in [0, 0.05) is 25.0 Å². The minimum absolute atomic E-state index is 0.0218. The molecule has 2 fully saturated rings. The molecular formula is C18H27NO2. The summed E-state index contributed by atoms with van der Waals surface area (Å²) in [6.07, 6.45) is 5.22. The lowest BCUT2D eigenvalue weighted by Gasteiger charge is -2.46. The lowest BCUT2D eigenvalue weighted by molar-refractivity contribution is -0.0754. The Morgan fingerprint density at radius 1 is 1.19 bits per heavy atom. The molecule has 0 bridgehead atoms. The number of morpholine rings is 1. The molecule has 0 aromatic heterocycles. The Bertz CT molecular complexity index is 462. The summed E-state index contributed by atoms with van der Waals surface area (Å²) in [7, 11) is 0. The first-order chi connectivity index (χ1) is 10.2. The van der Waals surface area contributed by atoms with Crippen LogP contribution in [0.5, 0.6) is 0 Å². The summed E-state index contributed by atoms with van der Waals surface area (Å²) in [5.74, 6) is 0. The van der Waals surface area contributed by atoms with Crippen LogP contribution in [0, 0.1) is 6.92 Å². The SMILES string of the molecule is Cc1ccccc1CC(O)C1(N2CCOCC2)CCCC1. The number of benzene rings is 1. The zero-order valence-corrected chi connectivity index (χ0v) is 13.1. The number of hydrogen-bond acceptors (Lipinski definition) is 3. The molecule has 1 aromatic rings. The molecule has 1 N–H and O–H groups in total. The van der Waals surface area contributed by atoms with Crippen LogP contribution in [-0.2, 0) is 11.2 Å². The Labute approximate surface area is 127 Å². The summed E-state index contributed by atoms with van der Waals surface area (Å²) in [4.78, 5) is 2.51. The first-order valence-corrected chi connectivity index (χ1v) is 8.28. The molecule has 2 aliphatic rings. The van der Waals surface area contributed by atoms with Crippen LogP contribution < -0.4 is 0 Å². The zero-order chi connectivity index (χ0) is 14.7. The van der Waals surface area contributed by atoms with E-state index in [9.17, 15) is 5.11 Å². The van der Waals surface area contributed by atoms with E-state index < -0.39 is 0 Å². The van der Waals surface area contributed by atoms with Gasteiger partial charge in [0.05, 0.1) is 19.3 Å². The molecule has 1 aromatic carbocycles. The monoisotopic (exact) mass is 289 g/mol. The quantitative estimate of drug-likeness (QED) is 0.924. The van der Waals surface area contributed by atoms with E-state index in [4.69, 9.17) is 4.74 Å². The van der Waals surface area contributed by atoms with Crippen LogP contribution in [-0.4, -0.2) is 48.0 Å². The van der Waals surface area contributed by atoms with Crippen LogP contribution in [0.25, 0.3) is 0 Å². The molecule has 1 unspecified atom stereocenters. The minimum atomic E-state index is -0.279. The molecule has 3 rings (SSSR count). The molecule has 3 heteroatoms. The Hall–Kier alpha value is -0.900. The lowest BCUT2D eigenvalue weighted by atomic mass is 9.83. The fourth-order valence-electron chi connectivity index (χ4n) is 4.09. The van der Waals surface area contributed by atoms with Crippen molar-refractivity contribution in [3.8, 4) is 0 Å². The van der Waals surface area contributed by atoms with E-state index in [2.05, 4.69) is 36.1 Å². The van der Waals surface area contributed by atoms with E-state index in [1.807, 2.05) is 0 Å². The number of hydrogen-bond donors (Lipinski definition) is 1. The molecule has 1 saturated carbocycles. The molecule has 1 aliphatic heterocycles. The maximum absolute atomic E-state index is 11.0. The predicted octanol–water partition coefficient (Wildman–Crippen LogP) is 2.54. The molecule has 3 nitrogen and oxygen atoms in total. The van der Waals surface area contributed by atoms with Gasteiger partial charge in [-0.25, -0.2) is 0 Å². The Morgan fingerprint density at radius 3 is 2.52 bits per heavy atom. The highest BCUT2D eigenvalue weighted by Crippen LogP contribution is 2.39. The highest BCUT2D eigenvalue weighted by Gasteiger charge is 2.45. The fraction of sp³-hybridized carbons (Fsp3) is 0.667. The standard InChI is InChI=1S/C18H27NO2/c1-15-6-2-3-7-16(15)14-17(20)18(8-4-5-9-18)19-10-12-21-13-11-19/h2-3,6-7,17,20H,4-5,8-14H2,1H3. The number of aryl methyl sites for hydroxylation is 1. The van der Waals surface area contributed by atoms with Gasteiger partial charge in [0.1, 0.15) is 0 Å². The third-order valence-corrected chi connectivity index (χ3v) is 5.41. The summed E-state index contributed by atoms with van der Waals surface area (Å²) in [5, 5.41) is 11.0. The Balaban J connectivity index is 1.78. The topological polar surface area (TPSA) is 32.7 Å². The summed E-state index contributed by atoms with van der Waals surface area (Å²) < 4.78 is 5.50. The highest BCUT2D eigenvalue weighted by molar-refractivity contribution is 5.27. The molecule has 0 radical (unpaired) electrons. The van der Waals surface area contributed by atoms with Gasteiger partial charge in [0.25, 0.3) is 0 Å². The number of rotatable bonds is 4. The normalized spacial score (nSPS) is 24.1. The number of aliphatic hydroxyl groups is 1. The molecule has 1 saturated heterocycles. The number of aliphatic hydroxyl groups excluding tert-OH is 1. The van der Waals surface area contributed by atoms with Crippen molar-refractivity contribution in [2.45, 2.75) is 50.7 Å². The Kier molecular flexibility index (Phi) is 4.63. The maximum atomic E-state index is 11.0. The van der Waals surface area contributed by atoms with E-state index in [-0.39, 0.29) is 11.6 Å². The average Bonchev–Trinajstić information content (AvgIpc) is 3.01. The van der Waals surface area contributed by atoms with Gasteiger partial charge in [-0.15, -0.1) is 0 Å². The van der Waals surface area contributed by atoms with Gasteiger partial charge in [0.2, 0.25) is 0 Å². The van der Waals surface area contributed by atoms with Gasteiger partial charge in [-0.2, -0.15) is 0 Å². The van der Waals surface area contributed by atoms with Crippen molar-refractivity contribution >= 4 is 0 Å². The van der Waals surface area contributed by atoms with Crippen molar-refractivity contribution in [1.82, 2.24) is 4.90 Å². The van der Waals surface area contributed by atoms with Crippen LogP contribution in [0.3, 0.4) is 0 Å². The molecular weight excluding hydrogens is 262 g/mol. The van der Waals surface area contributed by atoms with Gasteiger partial charge in [-0.05, 0) is 30.9 Å². The van der Waals surface area contributed by atoms with Gasteiger partial charge in [-0.3, -0.25) is 4.90 Å². The summed E-state index contributed by atoms with van der Waals surface area (Å²) in [6, 6.07) is 8.43. The first kappa shape index (κ1) is 15.0. The Morgan fingerprint density at radius 2 is 1.86 bits per heavy atom. The van der Waals surface area contributed by atoms with Crippen LogP contribution in [0.1, 0.15) is 36.8 Å². The largest absolute Gasteiger partial charge is 0.391 e. The smallest absolute Gasteiger partial charge is 0.0764 e. The summed E-state index contributed by atoms with van der Waals surface area (Å²) >= 11 is 0. The van der Waals surface area contributed by atoms with E-state index in [1.54, 1.807) is 0 Å². The molecule has 0 spiro atoms. The van der Waals surface area contributed by atoms with Crippen LogP contribution in [0.4, 0.5) is 0 Å². The van der Waals surface area contributed by atoms with Crippen molar-refractivity contribution in [1.29, 1.82) is 0 Å². The first-order valence-electron chi connectivity index (χ1n) is 8.28. The molecule has 116 valence electrons. The summed E-state index contributed by atoms with van der Waals surface area (Å²) in [6.45, 7) is 5.67. The predicted molar refractivity (Wildman–Crippen MR) is 84.5 cm³/mol.